The average Bonchev–Trinajstić information content (AvgIpc) is 2.98. The Balaban J connectivity index is 2.16. The summed E-state index contributed by atoms with van der Waals surface area (Å²) < 4.78 is 1.54. The number of aryl methyl sites for hydroxylation is 1. The molecule has 7 heteroatoms. The molecule has 2 heterocycles. The minimum atomic E-state index is -1.06. The third-order valence-electron chi connectivity index (χ3n) is 2.57. The van der Waals surface area contributed by atoms with Crippen molar-refractivity contribution in [1.82, 2.24) is 19.6 Å². The molecule has 0 spiro atoms. The van der Waals surface area contributed by atoms with Crippen LogP contribution in [0.15, 0.2) is 6.07 Å². The molecule has 2 aromatic heterocycles. The average molecular weight is 233 g/mol. The van der Waals surface area contributed by atoms with Gasteiger partial charge in [-0.25, -0.2) is 9.78 Å². The van der Waals surface area contributed by atoms with Gasteiger partial charge in [0.05, 0.1) is 0 Å². The Morgan fingerprint density at radius 1 is 1.53 bits per heavy atom. The van der Waals surface area contributed by atoms with E-state index in [-0.39, 0.29) is 5.69 Å². The van der Waals surface area contributed by atoms with E-state index in [4.69, 9.17) is 5.11 Å². The molecule has 1 aliphatic carbocycles. The molecule has 2 N–H and O–H groups in total. The van der Waals surface area contributed by atoms with Crippen LogP contribution in [0.25, 0.3) is 5.78 Å². The van der Waals surface area contributed by atoms with Crippen molar-refractivity contribution in [3.05, 3.63) is 17.6 Å². The number of carboxylic acids is 1. The lowest BCUT2D eigenvalue weighted by Crippen LogP contribution is -2.11. The summed E-state index contributed by atoms with van der Waals surface area (Å²) >= 11 is 0. The molecule has 0 atom stereocenters. The van der Waals surface area contributed by atoms with Crippen molar-refractivity contribution in [3.8, 4) is 0 Å². The first-order valence-electron chi connectivity index (χ1n) is 5.38. The monoisotopic (exact) mass is 233 g/mol. The number of hydrogen-bond acceptors (Lipinski definition) is 5. The van der Waals surface area contributed by atoms with Crippen molar-refractivity contribution < 1.29 is 9.90 Å². The fourth-order valence-corrected chi connectivity index (χ4v) is 1.62. The zero-order valence-corrected chi connectivity index (χ0v) is 9.21. The number of carbonyl (C=O) groups is 1. The van der Waals surface area contributed by atoms with E-state index in [0.717, 1.165) is 12.8 Å². The van der Waals surface area contributed by atoms with Crippen LogP contribution in [-0.2, 0) is 0 Å². The molecule has 17 heavy (non-hydrogen) atoms. The molecule has 0 saturated heterocycles. The zero-order valence-electron chi connectivity index (χ0n) is 9.21. The normalized spacial score (nSPS) is 15.1. The van der Waals surface area contributed by atoms with Crippen molar-refractivity contribution in [2.45, 2.75) is 25.8 Å². The van der Waals surface area contributed by atoms with Crippen molar-refractivity contribution in [2.75, 3.05) is 5.32 Å². The second-order valence-electron chi connectivity index (χ2n) is 4.12. The predicted octanol–water partition coefficient (Wildman–Crippen LogP) is 0.705. The molecule has 1 fully saturated rings. The number of fused-ring (bicyclic) bond motifs is 1. The van der Waals surface area contributed by atoms with Gasteiger partial charge in [0, 0.05) is 12.1 Å². The van der Waals surface area contributed by atoms with Gasteiger partial charge in [0.15, 0.2) is 5.69 Å². The molecule has 0 aliphatic heterocycles. The van der Waals surface area contributed by atoms with Crippen molar-refractivity contribution >= 4 is 17.6 Å². The van der Waals surface area contributed by atoms with E-state index in [9.17, 15) is 4.79 Å². The highest BCUT2D eigenvalue weighted by Crippen LogP contribution is 2.25. The summed E-state index contributed by atoms with van der Waals surface area (Å²) in [7, 11) is 0. The Hall–Kier alpha value is -2.18. The van der Waals surface area contributed by atoms with Crippen LogP contribution in [-0.4, -0.2) is 36.7 Å². The summed E-state index contributed by atoms with van der Waals surface area (Å²) in [5.41, 5.74) is -0.0203. The number of carboxylic acid groups (broad SMARTS) is 1. The third kappa shape index (κ3) is 1.79. The fourth-order valence-electron chi connectivity index (χ4n) is 1.62. The first kappa shape index (κ1) is 10.0. The number of rotatable bonds is 3. The van der Waals surface area contributed by atoms with E-state index in [0.29, 0.717) is 23.5 Å². The lowest BCUT2D eigenvalue weighted by molar-refractivity contribution is 0.0690. The number of aromatic nitrogens is 4. The van der Waals surface area contributed by atoms with Crippen LogP contribution in [0.5, 0.6) is 0 Å². The molecule has 0 radical (unpaired) electrons. The SMILES string of the molecule is Cc1nc2nc(C(=O)O)cc(NC3CC3)n2n1. The van der Waals surface area contributed by atoms with Crippen LogP contribution < -0.4 is 5.32 Å². The largest absolute Gasteiger partial charge is 0.477 e. The quantitative estimate of drug-likeness (QED) is 0.810. The molecule has 2 aromatic rings. The standard InChI is InChI=1S/C10H11N5O2/c1-5-11-10-13-7(9(16)17)4-8(15(10)14-5)12-6-2-3-6/h4,6,12H,2-3H2,1H3,(H,16,17). The van der Waals surface area contributed by atoms with Gasteiger partial charge in [-0.1, -0.05) is 0 Å². The number of anilines is 1. The van der Waals surface area contributed by atoms with Crippen molar-refractivity contribution in [1.29, 1.82) is 0 Å². The molecule has 1 aliphatic rings. The van der Waals surface area contributed by atoms with E-state index < -0.39 is 5.97 Å². The van der Waals surface area contributed by atoms with Gasteiger partial charge in [-0.3, -0.25) is 0 Å². The molecular formula is C10H11N5O2. The lowest BCUT2D eigenvalue weighted by Gasteiger charge is -2.06. The highest BCUT2D eigenvalue weighted by molar-refractivity contribution is 5.86. The second kappa shape index (κ2) is 3.41. The summed E-state index contributed by atoms with van der Waals surface area (Å²) in [5.74, 6) is 0.451. The van der Waals surface area contributed by atoms with Gasteiger partial charge in [-0.05, 0) is 19.8 Å². The highest BCUT2D eigenvalue weighted by Gasteiger charge is 2.23. The van der Waals surface area contributed by atoms with Gasteiger partial charge in [-0.15, -0.1) is 5.10 Å². The van der Waals surface area contributed by atoms with Gasteiger partial charge in [0.1, 0.15) is 11.6 Å². The van der Waals surface area contributed by atoms with Crippen LogP contribution in [0, 0.1) is 6.92 Å². The minimum absolute atomic E-state index is 0.0203. The number of hydrogen-bond donors (Lipinski definition) is 2. The molecule has 88 valence electrons. The minimum Gasteiger partial charge on any atom is -0.477 e. The van der Waals surface area contributed by atoms with Gasteiger partial charge in [0.2, 0.25) is 0 Å². The van der Waals surface area contributed by atoms with Crippen LogP contribution in [0.3, 0.4) is 0 Å². The molecule has 1 saturated carbocycles. The fraction of sp³-hybridized carbons (Fsp3) is 0.400. The third-order valence-corrected chi connectivity index (χ3v) is 2.57. The summed E-state index contributed by atoms with van der Waals surface area (Å²) in [5, 5.41) is 16.4. The number of nitrogens with zero attached hydrogens (tertiary/aromatic N) is 4. The van der Waals surface area contributed by atoms with E-state index in [1.165, 1.54) is 6.07 Å². The smallest absolute Gasteiger partial charge is 0.354 e. The lowest BCUT2D eigenvalue weighted by atomic mass is 10.4. The first-order chi connectivity index (χ1) is 8.13. The van der Waals surface area contributed by atoms with Crippen LogP contribution >= 0.6 is 0 Å². The van der Waals surface area contributed by atoms with Gasteiger partial charge in [0.25, 0.3) is 5.78 Å². The van der Waals surface area contributed by atoms with E-state index in [2.05, 4.69) is 20.4 Å². The number of aromatic carboxylic acids is 1. The highest BCUT2D eigenvalue weighted by atomic mass is 16.4. The van der Waals surface area contributed by atoms with Crippen LogP contribution in [0.4, 0.5) is 5.82 Å². The summed E-state index contributed by atoms with van der Waals surface area (Å²) in [6.07, 6.45) is 2.19. The first-order valence-corrected chi connectivity index (χ1v) is 5.38. The Morgan fingerprint density at radius 2 is 2.29 bits per heavy atom. The topological polar surface area (TPSA) is 92.4 Å². The molecule has 0 unspecified atom stereocenters. The summed E-state index contributed by atoms with van der Waals surface area (Å²) in [4.78, 5) is 19.0. The maximum atomic E-state index is 11.0. The molecular weight excluding hydrogens is 222 g/mol. The van der Waals surface area contributed by atoms with Crippen LogP contribution in [0.1, 0.15) is 29.2 Å². The molecule has 0 aromatic carbocycles. The maximum absolute atomic E-state index is 11.0. The predicted molar refractivity (Wildman–Crippen MR) is 59.1 cm³/mol. The Morgan fingerprint density at radius 3 is 2.94 bits per heavy atom. The van der Waals surface area contributed by atoms with E-state index in [1.807, 2.05) is 0 Å². The molecule has 0 amide bonds. The summed E-state index contributed by atoms with van der Waals surface area (Å²) in [6.45, 7) is 1.75. The van der Waals surface area contributed by atoms with Gasteiger partial charge >= 0.3 is 5.97 Å². The van der Waals surface area contributed by atoms with Crippen molar-refractivity contribution in [2.24, 2.45) is 0 Å². The molecule has 0 bridgehead atoms. The Labute approximate surface area is 96.5 Å². The Bertz CT molecular complexity index is 602. The second-order valence-corrected chi connectivity index (χ2v) is 4.12. The summed E-state index contributed by atoms with van der Waals surface area (Å²) in [6, 6.07) is 1.90. The molecule has 3 rings (SSSR count). The maximum Gasteiger partial charge on any atom is 0.354 e. The van der Waals surface area contributed by atoms with Gasteiger partial charge < -0.3 is 10.4 Å². The molecule has 7 nitrogen and oxygen atoms in total. The zero-order chi connectivity index (χ0) is 12.0. The van der Waals surface area contributed by atoms with Crippen molar-refractivity contribution in [3.63, 3.8) is 0 Å². The number of nitrogens with one attached hydrogen (secondary N) is 1. The van der Waals surface area contributed by atoms with E-state index in [1.54, 1.807) is 11.4 Å². The van der Waals surface area contributed by atoms with Crippen LogP contribution in [0.2, 0.25) is 0 Å². The van der Waals surface area contributed by atoms with Gasteiger partial charge in [-0.2, -0.15) is 9.50 Å². The Kier molecular flexibility index (Phi) is 2.01. The van der Waals surface area contributed by atoms with E-state index >= 15 is 0 Å².